The molecule has 1 amide bonds. The molecule has 0 unspecified atom stereocenters. The lowest BCUT2D eigenvalue weighted by Gasteiger charge is -2.35. The summed E-state index contributed by atoms with van der Waals surface area (Å²) in [5, 5.41) is 3.04. The number of hydrogen-bond donors (Lipinski definition) is 1. The molecule has 2 rings (SSSR count). The summed E-state index contributed by atoms with van der Waals surface area (Å²) in [5.74, 6) is 0.942. The normalized spacial score (nSPS) is 14.6. The van der Waals surface area contributed by atoms with E-state index >= 15 is 0 Å². The highest BCUT2D eigenvalue weighted by Crippen LogP contribution is 2.15. The maximum atomic E-state index is 12.4. The molecule has 39 heavy (non-hydrogen) atoms. The second kappa shape index (κ2) is 20.2. The van der Waals surface area contributed by atoms with Crippen molar-refractivity contribution in [2.45, 2.75) is 103 Å². The Morgan fingerprint density at radius 3 is 1.87 bits per heavy atom. The molecule has 0 bridgehead atoms. The van der Waals surface area contributed by atoms with Crippen LogP contribution in [0.15, 0.2) is 18.3 Å². The summed E-state index contributed by atoms with van der Waals surface area (Å²) in [7, 11) is -3.28. The molecule has 1 N–H and O–H groups in total. The van der Waals surface area contributed by atoms with Crippen molar-refractivity contribution in [3.63, 3.8) is 0 Å². The first kappa shape index (κ1) is 33.5. The van der Waals surface area contributed by atoms with Crippen LogP contribution in [0.5, 0.6) is 0 Å². The van der Waals surface area contributed by atoms with Crippen LogP contribution in [0.4, 0.5) is 5.82 Å². The van der Waals surface area contributed by atoms with E-state index in [0.29, 0.717) is 12.2 Å². The standard InChI is InChI=1S/C30H54N4O4S/c1-3-21-33-22-24-34(25-23-33)29-19-18-28(27-32-29)30(35)31-20-16-14-12-10-8-6-4-5-7-9-11-13-15-17-26-38-39(2,36)37/h18-19,27H,3-17,20-26H2,1-2H3,(H,31,35). The van der Waals surface area contributed by atoms with E-state index < -0.39 is 10.1 Å². The number of piperazine rings is 1. The smallest absolute Gasteiger partial charge is 0.264 e. The zero-order chi connectivity index (χ0) is 28.2. The molecule has 1 aromatic rings. The fraction of sp³-hybridized carbons (Fsp3) is 0.800. The number of hydrogen-bond acceptors (Lipinski definition) is 7. The van der Waals surface area contributed by atoms with Gasteiger partial charge in [-0.2, -0.15) is 8.42 Å². The minimum Gasteiger partial charge on any atom is -0.354 e. The number of anilines is 1. The van der Waals surface area contributed by atoms with Gasteiger partial charge in [0.25, 0.3) is 16.0 Å². The van der Waals surface area contributed by atoms with E-state index in [2.05, 4.69) is 27.0 Å². The van der Waals surface area contributed by atoms with Gasteiger partial charge in [-0.15, -0.1) is 0 Å². The van der Waals surface area contributed by atoms with Gasteiger partial charge in [0.15, 0.2) is 0 Å². The van der Waals surface area contributed by atoms with Crippen molar-refractivity contribution in [2.75, 3.05) is 57.0 Å². The lowest BCUT2D eigenvalue weighted by Crippen LogP contribution is -2.46. The molecule has 0 aliphatic carbocycles. The van der Waals surface area contributed by atoms with Crippen LogP contribution in [0.25, 0.3) is 0 Å². The topological polar surface area (TPSA) is 91.8 Å². The Morgan fingerprint density at radius 1 is 0.846 bits per heavy atom. The van der Waals surface area contributed by atoms with E-state index in [-0.39, 0.29) is 5.91 Å². The third kappa shape index (κ3) is 16.2. The lowest BCUT2D eigenvalue weighted by molar-refractivity contribution is 0.0952. The van der Waals surface area contributed by atoms with Crippen LogP contribution in [-0.2, 0) is 14.3 Å². The molecular formula is C30H54N4O4S. The van der Waals surface area contributed by atoms with E-state index in [1.165, 1.54) is 70.8 Å². The molecule has 0 spiro atoms. The van der Waals surface area contributed by atoms with Crippen molar-refractivity contribution >= 4 is 21.8 Å². The fourth-order valence-electron chi connectivity index (χ4n) is 5.09. The molecular weight excluding hydrogens is 512 g/mol. The highest BCUT2D eigenvalue weighted by atomic mass is 32.2. The van der Waals surface area contributed by atoms with Crippen LogP contribution >= 0.6 is 0 Å². The summed E-state index contributed by atoms with van der Waals surface area (Å²) < 4.78 is 26.5. The van der Waals surface area contributed by atoms with Crippen LogP contribution in [0.2, 0.25) is 0 Å². The summed E-state index contributed by atoms with van der Waals surface area (Å²) >= 11 is 0. The Hall–Kier alpha value is -1.71. The number of unbranched alkanes of at least 4 members (excludes halogenated alkanes) is 13. The third-order valence-electron chi connectivity index (χ3n) is 7.40. The number of carbonyl (C=O) groups is 1. The summed E-state index contributed by atoms with van der Waals surface area (Å²) in [5.41, 5.74) is 0.641. The third-order valence-corrected chi connectivity index (χ3v) is 8.00. The zero-order valence-electron chi connectivity index (χ0n) is 24.7. The van der Waals surface area contributed by atoms with E-state index in [1.54, 1.807) is 6.20 Å². The number of nitrogens with zero attached hydrogens (tertiary/aromatic N) is 3. The first-order valence-corrected chi connectivity index (χ1v) is 17.3. The van der Waals surface area contributed by atoms with E-state index in [9.17, 15) is 13.2 Å². The summed E-state index contributed by atoms with van der Waals surface area (Å²) in [6, 6.07) is 3.88. The average Bonchev–Trinajstić information content (AvgIpc) is 2.92. The Labute approximate surface area is 238 Å². The van der Waals surface area contributed by atoms with Crippen molar-refractivity contribution in [3.8, 4) is 0 Å². The molecule has 1 aliphatic heterocycles. The van der Waals surface area contributed by atoms with Crippen LogP contribution in [0.3, 0.4) is 0 Å². The van der Waals surface area contributed by atoms with E-state index in [4.69, 9.17) is 4.18 Å². The molecule has 0 atom stereocenters. The Bertz CT molecular complexity index is 871. The van der Waals surface area contributed by atoms with Crippen molar-refractivity contribution in [1.29, 1.82) is 0 Å². The molecule has 8 nitrogen and oxygen atoms in total. The van der Waals surface area contributed by atoms with Gasteiger partial charge in [-0.1, -0.05) is 84.0 Å². The van der Waals surface area contributed by atoms with E-state index in [1.807, 2.05) is 12.1 Å². The SMILES string of the molecule is CCCN1CCN(c2ccc(C(=O)NCCCCCCCCCCCCCCCCOS(C)(=O)=O)cn2)CC1. The van der Waals surface area contributed by atoms with Gasteiger partial charge in [0.1, 0.15) is 5.82 Å². The summed E-state index contributed by atoms with van der Waals surface area (Å²) in [6.07, 6.45) is 20.8. The molecule has 1 fully saturated rings. The maximum Gasteiger partial charge on any atom is 0.264 e. The molecule has 0 aromatic carbocycles. The minimum atomic E-state index is -3.28. The quantitative estimate of drug-likeness (QED) is 0.140. The van der Waals surface area contributed by atoms with Crippen LogP contribution in [0, 0.1) is 0 Å². The van der Waals surface area contributed by atoms with Crippen molar-refractivity contribution in [1.82, 2.24) is 15.2 Å². The number of carbonyl (C=O) groups excluding carboxylic acids is 1. The maximum absolute atomic E-state index is 12.4. The zero-order valence-corrected chi connectivity index (χ0v) is 25.5. The number of rotatable bonds is 22. The van der Waals surface area contributed by atoms with Crippen molar-refractivity contribution in [2.24, 2.45) is 0 Å². The Morgan fingerprint density at radius 2 is 1.38 bits per heavy atom. The predicted octanol–water partition coefficient (Wildman–Crippen LogP) is 5.78. The van der Waals surface area contributed by atoms with Gasteiger partial charge in [0.2, 0.25) is 0 Å². The molecule has 9 heteroatoms. The molecule has 1 aromatic heterocycles. The van der Waals surface area contributed by atoms with Gasteiger partial charge in [0.05, 0.1) is 18.4 Å². The number of pyridine rings is 1. The van der Waals surface area contributed by atoms with Crippen LogP contribution < -0.4 is 10.2 Å². The Kier molecular flexibility index (Phi) is 17.4. The largest absolute Gasteiger partial charge is 0.354 e. The molecule has 2 heterocycles. The summed E-state index contributed by atoms with van der Waals surface area (Å²) in [4.78, 5) is 21.8. The van der Waals surface area contributed by atoms with Crippen molar-refractivity contribution < 1.29 is 17.4 Å². The molecule has 0 saturated carbocycles. The average molecular weight is 567 g/mol. The second-order valence-corrected chi connectivity index (χ2v) is 12.6. The number of nitrogens with one attached hydrogen (secondary N) is 1. The first-order chi connectivity index (χ1) is 18.9. The van der Waals surface area contributed by atoms with Gasteiger partial charge in [-0.3, -0.25) is 13.9 Å². The van der Waals surface area contributed by atoms with Crippen LogP contribution in [-0.4, -0.2) is 76.3 Å². The molecule has 224 valence electrons. The second-order valence-electron chi connectivity index (χ2n) is 11.0. The minimum absolute atomic E-state index is 0.0252. The lowest BCUT2D eigenvalue weighted by atomic mass is 10.0. The van der Waals surface area contributed by atoms with Crippen LogP contribution in [0.1, 0.15) is 114 Å². The number of aromatic nitrogens is 1. The Balaban J connectivity index is 1.37. The highest BCUT2D eigenvalue weighted by molar-refractivity contribution is 7.85. The van der Waals surface area contributed by atoms with E-state index in [0.717, 1.165) is 76.9 Å². The molecule has 0 radical (unpaired) electrons. The van der Waals surface area contributed by atoms with Gasteiger partial charge in [-0.25, -0.2) is 4.98 Å². The fourth-order valence-corrected chi connectivity index (χ4v) is 5.51. The van der Waals surface area contributed by atoms with Gasteiger partial charge >= 0.3 is 0 Å². The molecule has 1 saturated heterocycles. The summed E-state index contributed by atoms with van der Waals surface area (Å²) in [6.45, 7) is 8.58. The number of amides is 1. The highest BCUT2D eigenvalue weighted by Gasteiger charge is 2.17. The van der Waals surface area contributed by atoms with Gasteiger partial charge in [-0.05, 0) is 37.9 Å². The van der Waals surface area contributed by atoms with Gasteiger partial charge in [0, 0.05) is 38.9 Å². The van der Waals surface area contributed by atoms with Crippen molar-refractivity contribution in [3.05, 3.63) is 23.9 Å². The predicted molar refractivity (Wildman–Crippen MR) is 161 cm³/mol. The molecule has 1 aliphatic rings. The van der Waals surface area contributed by atoms with Gasteiger partial charge < -0.3 is 10.2 Å². The first-order valence-electron chi connectivity index (χ1n) is 15.4. The monoisotopic (exact) mass is 566 g/mol.